The summed E-state index contributed by atoms with van der Waals surface area (Å²) in [5, 5.41) is 3.70. The second-order valence-electron chi connectivity index (χ2n) is 6.30. The number of nitrogens with zero attached hydrogens (tertiary/aromatic N) is 1. The minimum Gasteiger partial charge on any atom is -0.494 e. The topological polar surface area (TPSA) is 24.5 Å². The first-order valence-corrected chi connectivity index (χ1v) is 8.52. The lowest BCUT2D eigenvalue weighted by atomic mass is 10.00. The smallest absolute Gasteiger partial charge is 0.124 e. The van der Waals surface area contributed by atoms with Crippen LogP contribution in [0.5, 0.6) is 5.75 Å². The number of likely N-dealkylation sites (tertiary alicyclic amines) is 1. The van der Waals surface area contributed by atoms with Gasteiger partial charge in [-0.2, -0.15) is 0 Å². The number of nitrogens with one attached hydrogen (secondary N) is 1. The quantitative estimate of drug-likeness (QED) is 0.899. The molecular weight excluding hydrogens is 260 g/mol. The lowest BCUT2D eigenvalue weighted by Crippen LogP contribution is -2.44. The summed E-state index contributed by atoms with van der Waals surface area (Å²) in [4.78, 5) is 2.70. The highest BCUT2D eigenvalue weighted by Crippen LogP contribution is 2.36. The third kappa shape index (κ3) is 3.09. The highest BCUT2D eigenvalue weighted by Gasteiger charge is 2.36. The molecule has 0 radical (unpaired) electrons. The van der Waals surface area contributed by atoms with E-state index in [1.807, 2.05) is 0 Å². The molecule has 116 valence electrons. The largest absolute Gasteiger partial charge is 0.494 e. The molecule has 0 bridgehead atoms. The molecule has 21 heavy (non-hydrogen) atoms. The van der Waals surface area contributed by atoms with Crippen molar-refractivity contribution in [2.75, 3.05) is 19.7 Å². The number of hydrogen-bond donors (Lipinski definition) is 1. The highest BCUT2D eigenvalue weighted by molar-refractivity contribution is 5.36. The van der Waals surface area contributed by atoms with E-state index in [0.29, 0.717) is 18.1 Å². The lowest BCUT2D eigenvalue weighted by Gasteiger charge is -2.35. The van der Waals surface area contributed by atoms with Gasteiger partial charge in [0, 0.05) is 23.7 Å². The third-order valence-corrected chi connectivity index (χ3v) is 5.07. The second kappa shape index (κ2) is 6.80. The van der Waals surface area contributed by atoms with Crippen molar-refractivity contribution in [1.29, 1.82) is 0 Å². The Balaban J connectivity index is 1.78. The van der Waals surface area contributed by atoms with Crippen molar-refractivity contribution in [3.05, 3.63) is 29.8 Å². The van der Waals surface area contributed by atoms with Crippen LogP contribution in [0.4, 0.5) is 0 Å². The average molecular weight is 288 g/mol. The summed E-state index contributed by atoms with van der Waals surface area (Å²) >= 11 is 0. The molecule has 3 unspecified atom stereocenters. The lowest BCUT2D eigenvalue weighted by molar-refractivity contribution is 0.160. The number of rotatable bonds is 5. The molecule has 3 heteroatoms. The zero-order valence-electron chi connectivity index (χ0n) is 13.3. The molecule has 2 heterocycles. The molecule has 2 saturated heterocycles. The Morgan fingerprint density at radius 2 is 2.14 bits per heavy atom. The van der Waals surface area contributed by atoms with E-state index >= 15 is 0 Å². The maximum absolute atomic E-state index is 5.84. The van der Waals surface area contributed by atoms with Crippen LogP contribution in [0.15, 0.2) is 24.3 Å². The normalized spacial score (nSPS) is 27.9. The van der Waals surface area contributed by atoms with Gasteiger partial charge < -0.3 is 10.1 Å². The first-order valence-electron chi connectivity index (χ1n) is 8.52. The molecule has 1 aromatic rings. The summed E-state index contributed by atoms with van der Waals surface area (Å²) in [6.45, 7) is 7.54. The Bertz CT molecular complexity index is 456. The van der Waals surface area contributed by atoms with Gasteiger partial charge in [0.05, 0.1) is 6.61 Å². The molecule has 2 aliphatic heterocycles. The van der Waals surface area contributed by atoms with E-state index in [4.69, 9.17) is 4.74 Å². The van der Waals surface area contributed by atoms with Crippen molar-refractivity contribution in [3.8, 4) is 5.75 Å². The fourth-order valence-corrected chi connectivity index (χ4v) is 4.06. The van der Waals surface area contributed by atoms with Crippen molar-refractivity contribution in [3.63, 3.8) is 0 Å². The Hall–Kier alpha value is -1.06. The Kier molecular flexibility index (Phi) is 4.81. The molecule has 0 amide bonds. The zero-order valence-corrected chi connectivity index (χ0v) is 13.3. The summed E-state index contributed by atoms with van der Waals surface area (Å²) in [5.74, 6) is 1.05. The van der Waals surface area contributed by atoms with Crippen LogP contribution >= 0.6 is 0 Å². The van der Waals surface area contributed by atoms with Crippen LogP contribution in [0.2, 0.25) is 0 Å². The molecule has 2 aliphatic rings. The predicted octanol–water partition coefficient (Wildman–Crippen LogP) is 3.36. The standard InChI is InChI=1S/C18H28N2O/c1-3-21-18-11-5-4-8-15(18)14(2)20-13-7-10-17(20)16-9-6-12-19-16/h4-5,8,11,14,16-17,19H,3,6-7,9-10,12-13H2,1-2H3. The molecule has 3 atom stereocenters. The van der Waals surface area contributed by atoms with Gasteiger partial charge in [0.25, 0.3) is 0 Å². The minimum atomic E-state index is 0.433. The van der Waals surface area contributed by atoms with Crippen molar-refractivity contribution >= 4 is 0 Å². The fourth-order valence-electron chi connectivity index (χ4n) is 4.06. The number of benzene rings is 1. The van der Waals surface area contributed by atoms with Gasteiger partial charge in [0.15, 0.2) is 0 Å². The van der Waals surface area contributed by atoms with Gasteiger partial charge in [-0.25, -0.2) is 0 Å². The SMILES string of the molecule is CCOc1ccccc1C(C)N1CCCC1C1CCCN1. The molecule has 1 N–H and O–H groups in total. The third-order valence-electron chi connectivity index (χ3n) is 5.07. The molecule has 1 aromatic carbocycles. The number of para-hydroxylation sites is 1. The Morgan fingerprint density at radius 1 is 1.29 bits per heavy atom. The molecule has 2 fully saturated rings. The van der Waals surface area contributed by atoms with E-state index in [2.05, 4.69) is 48.3 Å². The molecule has 0 aromatic heterocycles. The van der Waals surface area contributed by atoms with Crippen LogP contribution in [-0.2, 0) is 0 Å². The van der Waals surface area contributed by atoms with Gasteiger partial charge in [-0.05, 0) is 58.7 Å². The van der Waals surface area contributed by atoms with Crippen LogP contribution in [0, 0.1) is 0 Å². The summed E-state index contributed by atoms with van der Waals surface area (Å²) < 4.78 is 5.84. The fraction of sp³-hybridized carbons (Fsp3) is 0.667. The van der Waals surface area contributed by atoms with Crippen LogP contribution < -0.4 is 10.1 Å². The zero-order chi connectivity index (χ0) is 14.7. The molecule has 0 aliphatic carbocycles. The monoisotopic (exact) mass is 288 g/mol. The summed E-state index contributed by atoms with van der Waals surface area (Å²) in [6.07, 6.45) is 5.32. The van der Waals surface area contributed by atoms with Crippen molar-refractivity contribution in [2.24, 2.45) is 0 Å². The summed E-state index contributed by atoms with van der Waals surface area (Å²) in [6, 6.07) is 10.4. The van der Waals surface area contributed by atoms with Gasteiger partial charge >= 0.3 is 0 Å². The van der Waals surface area contributed by atoms with Crippen LogP contribution in [0.1, 0.15) is 51.1 Å². The Labute approximate surface area is 128 Å². The van der Waals surface area contributed by atoms with Gasteiger partial charge in [-0.1, -0.05) is 18.2 Å². The first-order chi connectivity index (χ1) is 10.3. The number of hydrogen-bond acceptors (Lipinski definition) is 3. The van der Waals surface area contributed by atoms with Crippen molar-refractivity contribution < 1.29 is 4.74 Å². The van der Waals surface area contributed by atoms with E-state index in [9.17, 15) is 0 Å². The molecule has 3 nitrogen and oxygen atoms in total. The van der Waals surface area contributed by atoms with E-state index in [0.717, 1.165) is 12.4 Å². The molecule has 0 saturated carbocycles. The first kappa shape index (κ1) is 14.9. The van der Waals surface area contributed by atoms with Crippen LogP contribution in [-0.4, -0.2) is 36.7 Å². The van der Waals surface area contributed by atoms with Crippen LogP contribution in [0.3, 0.4) is 0 Å². The maximum atomic E-state index is 5.84. The predicted molar refractivity (Wildman–Crippen MR) is 86.8 cm³/mol. The van der Waals surface area contributed by atoms with Crippen molar-refractivity contribution in [2.45, 2.75) is 57.7 Å². The molecule has 0 spiro atoms. The van der Waals surface area contributed by atoms with Gasteiger partial charge in [0.2, 0.25) is 0 Å². The van der Waals surface area contributed by atoms with E-state index < -0.39 is 0 Å². The van der Waals surface area contributed by atoms with Crippen molar-refractivity contribution in [1.82, 2.24) is 10.2 Å². The van der Waals surface area contributed by atoms with Gasteiger partial charge in [-0.15, -0.1) is 0 Å². The minimum absolute atomic E-state index is 0.433. The highest BCUT2D eigenvalue weighted by atomic mass is 16.5. The van der Waals surface area contributed by atoms with E-state index in [-0.39, 0.29) is 0 Å². The second-order valence-corrected chi connectivity index (χ2v) is 6.30. The molecular formula is C18H28N2O. The van der Waals surface area contributed by atoms with E-state index in [1.165, 1.54) is 44.3 Å². The number of ether oxygens (including phenoxy) is 1. The Morgan fingerprint density at radius 3 is 2.90 bits per heavy atom. The van der Waals surface area contributed by atoms with E-state index in [1.54, 1.807) is 0 Å². The summed E-state index contributed by atoms with van der Waals surface area (Å²) in [5.41, 5.74) is 1.34. The molecule has 3 rings (SSSR count). The van der Waals surface area contributed by atoms with Gasteiger partial charge in [0.1, 0.15) is 5.75 Å². The van der Waals surface area contributed by atoms with Gasteiger partial charge in [-0.3, -0.25) is 4.90 Å². The maximum Gasteiger partial charge on any atom is 0.124 e. The van der Waals surface area contributed by atoms with Crippen LogP contribution in [0.25, 0.3) is 0 Å². The average Bonchev–Trinajstić information content (AvgIpc) is 3.18. The summed E-state index contributed by atoms with van der Waals surface area (Å²) in [7, 11) is 0.